The molecule has 0 spiro atoms. The molecule has 4 atom stereocenters. The molecule has 254 valence electrons. The number of fused-ring (bicyclic) bond motifs is 1. The second-order valence-electron chi connectivity index (χ2n) is 12.8. The lowest BCUT2D eigenvalue weighted by Crippen LogP contribution is -2.61. The Kier molecular flexibility index (Phi) is 11.1. The lowest BCUT2D eigenvalue weighted by molar-refractivity contribution is -0.142. The van der Waals surface area contributed by atoms with Crippen LogP contribution in [0.5, 0.6) is 5.75 Å². The van der Waals surface area contributed by atoms with Crippen molar-refractivity contribution in [3.63, 3.8) is 0 Å². The summed E-state index contributed by atoms with van der Waals surface area (Å²) < 4.78 is 5.42. The first-order valence-corrected chi connectivity index (χ1v) is 15.7. The molecule has 3 aromatic carbocycles. The van der Waals surface area contributed by atoms with Gasteiger partial charge in [0.25, 0.3) is 5.91 Å². The van der Waals surface area contributed by atoms with E-state index >= 15 is 0 Å². The maximum atomic E-state index is 14.2. The summed E-state index contributed by atoms with van der Waals surface area (Å²) >= 11 is 0. The first-order valence-electron chi connectivity index (χ1n) is 15.7. The maximum Gasteiger partial charge on any atom is 0.408 e. The number of phenolic OH excluding ortho intramolecular Hbond substituents is 1. The zero-order valence-corrected chi connectivity index (χ0v) is 27.7. The number of phenols is 1. The smallest absolute Gasteiger partial charge is 0.408 e. The molecule has 0 saturated carbocycles. The number of carboxylic acids is 1. The van der Waals surface area contributed by atoms with E-state index in [0.717, 1.165) is 5.56 Å². The highest BCUT2D eigenvalue weighted by Gasteiger charge is 2.42. The Morgan fingerprint density at radius 2 is 1.48 bits per heavy atom. The lowest BCUT2D eigenvalue weighted by atomic mass is 9.93. The Hall–Kier alpha value is -5.39. The number of hydrogen-bond donors (Lipinski definition) is 4. The first kappa shape index (κ1) is 35.5. The number of aromatic hydroxyl groups is 1. The third-order valence-electron chi connectivity index (χ3n) is 8.03. The summed E-state index contributed by atoms with van der Waals surface area (Å²) in [6.07, 6.45) is -0.532. The van der Waals surface area contributed by atoms with E-state index in [1.165, 1.54) is 35.9 Å². The van der Waals surface area contributed by atoms with Crippen molar-refractivity contribution in [2.75, 3.05) is 11.9 Å². The Bertz CT molecular complexity index is 1640. The van der Waals surface area contributed by atoms with Crippen LogP contribution in [0, 0.1) is 0 Å². The molecule has 1 aliphatic rings. The quantitative estimate of drug-likeness (QED) is 0.243. The van der Waals surface area contributed by atoms with Gasteiger partial charge in [0.15, 0.2) is 0 Å². The molecule has 48 heavy (non-hydrogen) atoms. The van der Waals surface area contributed by atoms with Crippen LogP contribution in [0.4, 0.5) is 10.5 Å². The van der Waals surface area contributed by atoms with Crippen molar-refractivity contribution in [2.45, 2.75) is 76.7 Å². The lowest BCUT2D eigenvalue weighted by Gasteiger charge is -2.41. The molecule has 0 unspecified atom stereocenters. The number of alkyl carbamates (subject to hydrolysis) is 1. The van der Waals surface area contributed by atoms with E-state index in [2.05, 4.69) is 10.6 Å². The van der Waals surface area contributed by atoms with Gasteiger partial charge in [0.05, 0.1) is 0 Å². The molecule has 0 fully saturated rings. The predicted molar refractivity (Wildman–Crippen MR) is 178 cm³/mol. The average Bonchev–Trinajstić information content (AvgIpc) is 3.03. The second-order valence-corrected chi connectivity index (χ2v) is 12.8. The van der Waals surface area contributed by atoms with Gasteiger partial charge in [-0.05, 0) is 62.6 Å². The average molecular weight is 659 g/mol. The topological polar surface area (TPSA) is 166 Å². The number of anilines is 1. The predicted octanol–water partition coefficient (Wildman–Crippen LogP) is 3.44. The van der Waals surface area contributed by atoms with Crippen LogP contribution in [-0.2, 0) is 43.2 Å². The van der Waals surface area contributed by atoms with Crippen LogP contribution in [0.1, 0.15) is 44.4 Å². The zero-order valence-electron chi connectivity index (χ0n) is 27.7. The minimum Gasteiger partial charge on any atom is -0.508 e. The highest BCUT2D eigenvalue weighted by Crippen LogP contribution is 2.32. The van der Waals surface area contributed by atoms with Gasteiger partial charge in [0.1, 0.15) is 35.5 Å². The van der Waals surface area contributed by atoms with Gasteiger partial charge in [-0.2, -0.15) is 0 Å². The minimum atomic E-state index is -1.31. The minimum absolute atomic E-state index is 0.0237. The number of hydrogen-bond acceptors (Lipinski definition) is 7. The molecule has 0 aliphatic carbocycles. The molecule has 1 heterocycles. The summed E-state index contributed by atoms with van der Waals surface area (Å²) in [4.78, 5) is 69.3. The maximum absolute atomic E-state index is 14.2. The van der Waals surface area contributed by atoms with E-state index in [0.29, 0.717) is 16.8 Å². The van der Waals surface area contributed by atoms with Gasteiger partial charge < -0.3 is 30.5 Å². The molecule has 0 aromatic heterocycles. The van der Waals surface area contributed by atoms with Crippen molar-refractivity contribution in [3.8, 4) is 5.75 Å². The Morgan fingerprint density at radius 3 is 2.10 bits per heavy atom. The fourth-order valence-corrected chi connectivity index (χ4v) is 5.57. The van der Waals surface area contributed by atoms with Crippen molar-refractivity contribution in [3.05, 3.63) is 95.6 Å². The van der Waals surface area contributed by atoms with Gasteiger partial charge in [-0.3, -0.25) is 19.3 Å². The number of nitrogens with zero attached hydrogens (tertiary/aromatic N) is 2. The summed E-state index contributed by atoms with van der Waals surface area (Å²) in [5.41, 5.74) is 1.74. The number of ether oxygens (including phenoxy) is 1. The summed E-state index contributed by atoms with van der Waals surface area (Å²) in [7, 11) is 1.48. The second kappa shape index (κ2) is 15.0. The van der Waals surface area contributed by atoms with Crippen LogP contribution in [0.15, 0.2) is 78.9 Å². The summed E-state index contributed by atoms with van der Waals surface area (Å²) in [5.74, 6) is -3.00. The molecular formula is C36H42N4O8. The van der Waals surface area contributed by atoms with Crippen molar-refractivity contribution >= 4 is 35.5 Å². The molecule has 0 radical (unpaired) electrons. The van der Waals surface area contributed by atoms with Crippen molar-refractivity contribution < 1.29 is 38.9 Å². The number of likely N-dealkylation sites (N-methyl/N-ethyl adjacent to an activating group) is 1. The highest BCUT2D eigenvalue weighted by atomic mass is 16.6. The van der Waals surface area contributed by atoms with Crippen LogP contribution in [0.3, 0.4) is 0 Å². The monoisotopic (exact) mass is 658 g/mol. The third kappa shape index (κ3) is 8.90. The number of aliphatic carboxylic acids is 1. The SMILES string of the molecule is C[C@@H](C(=O)N[C@@H](Cc1ccc(O)cc1)C(=O)O)N1C(=O)[C@@H](N(C)C(=O)[C@H](Cc2ccccc2)NC(=O)OC(C)(C)C)Cc2ccccc21. The van der Waals surface area contributed by atoms with E-state index < -0.39 is 59.6 Å². The number of rotatable bonds is 11. The van der Waals surface area contributed by atoms with E-state index in [-0.39, 0.29) is 25.0 Å². The molecule has 3 aromatic rings. The van der Waals surface area contributed by atoms with Crippen LogP contribution in [-0.4, -0.2) is 81.7 Å². The Balaban J connectivity index is 1.58. The first-order chi connectivity index (χ1) is 22.6. The zero-order chi connectivity index (χ0) is 35.2. The largest absolute Gasteiger partial charge is 0.508 e. The number of carboxylic acid groups (broad SMARTS) is 1. The summed E-state index contributed by atoms with van der Waals surface area (Å²) in [6, 6.07) is 17.6. The van der Waals surface area contributed by atoms with Gasteiger partial charge >= 0.3 is 12.1 Å². The number of carbonyl (C=O) groups is 5. The molecule has 4 amide bonds. The van der Waals surface area contributed by atoms with Crippen LogP contribution < -0.4 is 15.5 Å². The summed E-state index contributed by atoms with van der Waals surface area (Å²) in [6.45, 7) is 6.63. The molecule has 12 nitrogen and oxygen atoms in total. The third-order valence-corrected chi connectivity index (χ3v) is 8.03. The Labute approximate surface area is 279 Å². The van der Waals surface area contributed by atoms with E-state index in [4.69, 9.17) is 4.74 Å². The van der Waals surface area contributed by atoms with Gasteiger partial charge in [-0.25, -0.2) is 9.59 Å². The van der Waals surface area contributed by atoms with E-state index in [1.54, 1.807) is 57.2 Å². The molecule has 1 aliphatic heterocycles. The van der Waals surface area contributed by atoms with Crippen LogP contribution >= 0.6 is 0 Å². The number of carbonyl (C=O) groups excluding carboxylic acids is 4. The Morgan fingerprint density at radius 1 is 0.896 bits per heavy atom. The highest BCUT2D eigenvalue weighted by molar-refractivity contribution is 6.07. The normalized spacial score (nSPS) is 16.1. The molecule has 12 heteroatoms. The number of amides is 4. The molecule has 4 N–H and O–H groups in total. The van der Waals surface area contributed by atoms with Gasteiger partial charge in [0, 0.05) is 32.0 Å². The van der Waals surface area contributed by atoms with E-state index in [9.17, 15) is 34.2 Å². The van der Waals surface area contributed by atoms with Crippen LogP contribution in [0.25, 0.3) is 0 Å². The van der Waals surface area contributed by atoms with Gasteiger partial charge in [-0.15, -0.1) is 0 Å². The van der Waals surface area contributed by atoms with Crippen LogP contribution in [0.2, 0.25) is 0 Å². The van der Waals surface area contributed by atoms with Gasteiger partial charge in [0.2, 0.25) is 11.8 Å². The molecule has 4 rings (SSSR count). The fraction of sp³-hybridized carbons (Fsp3) is 0.361. The number of para-hydroxylation sites is 1. The van der Waals surface area contributed by atoms with Crippen molar-refractivity contribution in [1.29, 1.82) is 0 Å². The summed E-state index contributed by atoms with van der Waals surface area (Å²) in [5, 5.41) is 24.7. The standard InChI is InChI=1S/C36H42N4O8/c1-22(31(42)37-28(34(45)46)20-24-15-17-26(41)18-16-24)40-29-14-10-9-13-25(29)21-30(33(40)44)39(5)32(43)27(19-23-11-7-6-8-12-23)38-35(47)48-36(2,3)4/h6-18,22,27-28,30,41H,19-21H2,1-5H3,(H,37,42)(H,38,47)(H,45,46)/t22-,27-,28-,30-/m0/s1. The fourth-order valence-electron chi connectivity index (χ4n) is 5.57. The van der Waals surface area contributed by atoms with Crippen molar-refractivity contribution in [1.82, 2.24) is 15.5 Å². The van der Waals surface area contributed by atoms with E-state index in [1.807, 2.05) is 30.3 Å². The molecule has 0 bridgehead atoms. The molecular weight excluding hydrogens is 616 g/mol. The number of benzene rings is 3. The van der Waals surface area contributed by atoms with Crippen molar-refractivity contribution in [2.24, 2.45) is 0 Å². The molecule has 0 saturated heterocycles. The number of nitrogens with one attached hydrogen (secondary N) is 2. The van der Waals surface area contributed by atoms with Gasteiger partial charge in [-0.1, -0.05) is 60.7 Å².